The summed E-state index contributed by atoms with van der Waals surface area (Å²) in [5, 5.41) is 0.758. The lowest BCUT2D eigenvalue weighted by Gasteiger charge is -2.46. The predicted molar refractivity (Wildman–Crippen MR) is 101 cm³/mol. The Bertz CT molecular complexity index is 1060. The summed E-state index contributed by atoms with van der Waals surface area (Å²) >= 11 is 0. The van der Waals surface area contributed by atoms with Crippen molar-refractivity contribution in [3.8, 4) is 0 Å². The summed E-state index contributed by atoms with van der Waals surface area (Å²) in [5.41, 5.74) is -0.117. The molecule has 6 nitrogen and oxygen atoms in total. The van der Waals surface area contributed by atoms with Gasteiger partial charge in [-0.15, -0.1) is 0 Å². The average Bonchev–Trinajstić information content (AvgIpc) is 3.00. The second-order valence-electron chi connectivity index (χ2n) is 7.13. The lowest BCUT2D eigenvalue weighted by molar-refractivity contribution is -0.159. The fraction of sp³-hybridized carbons (Fsp3) is 0.400. The molecule has 7 heteroatoms. The maximum Gasteiger partial charge on any atom is 0.333 e. The van der Waals surface area contributed by atoms with Gasteiger partial charge in [-0.3, -0.25) is 4.79 Å². The number of hydrogen-bond acceptors (Lipinski definition) is 5. The van der Waals surface area contributed by atoms with E-state index in [9.17, 15) is 18.0 Å². The van der Waals surface area contributed by atoms with Gasteiger partial charge in [-0.2, -0.15) is 0 Å². The molecule has 0 radical (unpaired) electrons. The van der Waals surface area contributed by atoms with Crippen molar-refractivity contribution >= 4 is 32.5 Å². The van der Waals surface area contributed by atoms with Crippen LogP contribution in [0.25, 0.3) is 10.8 Å². The van der Waals surface area contributed by atoms with Crippen LogP contribution in [0.3, 0.4) is 0 Å². The zero-order valence-electron chi connectivity index (χ0n) is 15.3. The third-order valence-electron chi connectivity index (χ3n) is 5.86. The van der Waals surface area contributed by atoms with Crippen molar-refractivity contribution in [1.29, 1.82) is 0 Å². The number of nitrogens with zero attached hydrogens (tertiary/aromatic N) is 1. The van der Waals surface area contributed by atoms with E-state index >= 15 is 0 Å². The SMILES string of the molecule is CCS(=O)(=O)[C@@H]1c2cc3ccccc3cc2CN2C(=O)CC[C@]12C(=O)OC. The van der Waals surface area contributed by atoms with Gasteiger partial charge in [-0.25, -0.2) is 13.2 Å². The molecule has 2 aliphatic rings. The highest BCUT2D eigenvalue weighted by molar-refractivity contribution is 7.91. The molecule has 0 aromatic heterocycles. The quantitative estimate of drug-likeness (QED) is 0.756. The van der Waals surface area contributed by atoms with Crippen LogP contribution in [0.15, 0.2) is 36.4 Å². The molecule has 2 heterocycles. The molecule has 4 rings (SSSR count). The third-order valence-corrected chi connectivity index (χ3v) is 8.02. The summed E-state index contributed by atoms with van der Waals surface area (Å²) in [6.07, 6.45) is 0.285. The smallest absolute Gasteiger partial charge is 0.333 e. The number of methoxy groups -OCH3 is 1. The van der Waals surface area contributed by atoms with E-state index in [4.69, 9.17) is 4.74 Å². The van der Waals surface area contributed by atoms with E-state index in [-0.39, 0.29) is 31.0 Å². The van der Waals surface area contributed by atoms with Crippen LogP contribution in [0, 0.1) is 0 Å². The average molecular weight is 387 g/mol. The van der Waals surface area contributed by atoms with Crippen molar-refractivity contribution in [3.05, 3.63) is 47.5 Å². The minimum atomic E-state index is -3.69. The van der Waals surface area contributed by atoms with E-state index in [1.807, 2.05) is 36.4 Å². The molecule has 1 saturated heterocycles. The second kappa shape index (κ2) is 6.05. The van der Waals surface area contributed by atoms with Gasteiger partial charge in [0.25, 0.3) is 0 Å². The lowest BCUT2D eigenvalue weighted by atomic mass is 9.81. The highest BCUT2D eigenvalue weighted by Gasteiger charge is 2.63. The molecule has 0 aliphatic carbocycles. The Morgan fingerprint density at radius 3 is 2.56 bits per heavy atom. The van der Waals surface area contributed by atoms with Gasteiger partial charge in [0, 0.05) is 18.7 Å². The maximum absolute atomic E-state index is 13.2. The summed E-state index contributed by atoms with van der Waals surface area (Å²) in [7, 11) is -2.45. The Morgan fingerprint density at radius 1 is 1.26 bits per heavy atom. The Kier molecular flexibility index (Phi) is 4.03. The van der Waals surface area contributed by atoms with Crippen LogP contribution in [0.1, 0.15) is 36.1 Å². The first kappa shape index (κ1) is 18.0. The van der Waals surface area contributed by atoms with Crippen LogP contribution in [-0.4, -0.2) is 43.6 Å². The molecular formula is C20H21NO5S. The first-order chi connectivity index (χ1) is 12.8. The number of ether oxygens (including phenoxy) is 1. The molecule has 2 aliphatic heterocycles. The minimum Gasteiger partial charge on any atom is -0.467 e. The van der Waals surface area contributed by atoms with Gasteiger partial charge < -0.3 is 9.64 Å². The van der Waals surface area contributed by atoms with Gasteiger partial charge in [-0.05, 0) is 40.5 Å². The van der Waals surface area contributed by atoms with Crippen LogP contribution in [-0.2, 0) is 30.7 Å². The van der Waals surface area contributed by atoms with Crippen molar-refractivity contribution in [1.82, 2.24) is 4.90 Å². The summed E-state index contributed by atoms with van der Waals surface area (Å²) in [6, 6.07) is 11.5. The maximum atomic E-state index is 13.2. The largest absolute Gasteiger partial charge is 0.467 e. The second-order valence-corrected chi connectivity index (χ2v) is 9.50. The molecule has 142 valence electrons. The minimum absolute atomic E-state index is 0.120. The summed E-state index contributed by atoms with van der Waals surface area (Å²) < 4.78 is 31.4. The van der Waals surface area contributed by atoms with Gasteiger partial charge in [0.2, 0.25) is 5.91 Å². The monoisotopic (exact) mass is 387 g/mol. The number of carbonyl (C=O) groups excluding carboxylic acids is 2. The van der Waals surface area contributed by atoms with Crippen molar-refractivity contribution in [2.45, 2.75) is 37.1 Å². The van der Waals surface area contributed by atoms with Gasteiger partial charge in [-0.1, -0.05) is 31.2 Å². The number of carbonyl (C=O) groups is 2. The van der Waals surface area contributed by atoms with E-state index in [0.717, 1.165) is 16.3 Å². The van der Waals surface area contributed by atoms with Crippen LogP contribution < -0.4 is 0 Å². The Hall–Kier alpha value is -2.41. The van der Waals surface area contributed by atoms with Gasteiger partial charge in [0.15, 0.2) is 15.4 Å². The molecule has 0 unspecified atom stereocenters. The predicted octanol–water partition coefficient (Wildman–Crippen LogP) is 2.36. The molecule has 2 atom stereocenters. The standard InChI is InChI=1S/C20H21NO5S/c1-3-27(24,25)18-16-11-14-7-5-4-6-13(14)10-15(16)12-21-17(22)8-9-20(18,21)19(23)26-2/h4-7,10-11,18H,3,8-9,12H2,1-2H3/t18-,20-/m1/s1. The van der Waals surface area contributed by atoms with E-state index in [1.165, 1.54) is 12.0 Å². The molecule has 2 aromatic carbocycles. The van der Waals surface area contributed by atoms with Gasteiger partial charge in [0.1, 0.15) is 5.25 Å². The molecule has 0 N–H and O–H groups in total. The molecule has 27 heavy (non-hydrogen) atoms. The first-order valence-corrected chi connectivity index (χ1v) is 10.7. The number of fused-ring (bicyclic) bond motifs is 3. The Balaban J connectivity index is 2.07. The number of esters is 1. The lowest BCUT2D eigenvalue weighted by Crippen LogP contribution is -2.60. The summed E-state index contributed by atoms with van der Waals surface area (Å²) in [4.78, 5) is 26.9. The van der Waals surface area contributed by atoms with E-state index in [1.54, 1.807) is 6.92 Å². The molecule has 0 saturated carbocycles. The zero-order valence-corrected chi connectivity index (χ0v) is 16.1. The summed E-state index contributed by atoms with van der Waals surface area (Å²) in [6.45, 7) is 1.78. The fourth-order valence-electron chi connectivity index (χ4n) is 4.56. The normalized spacial score (nSPS) is 24.6. The number of sulfone groups is 1. The van der Waals surface area contributed by atoms with Crippen molar-refractivity contribution in [2.75, 3.05) is 12.9 Å². The third kappa shape index (κ3) is 2.41. The number of benzene rings is 2. The Labute approximate surface area is 158 Å². The highest BCUT2D eigenvalue weighted by Crippen LogP contribution is 2.51. The molecule has 0 spiro atoms. The Morgan fingerprint density at radius 2 is 1.93 bits per heavy atom. The van der Waals surface area contributed by atoms with Crippen LogP contribution in [0.4, 0.5) is 0 Å². The van der Waals surface area contributed by atoms with E-state index in [2.05, 4.69) is 0 Å². The number of rotatable bonds is 3. The molecule has 2 aromatic rings. The first-order valence-electron chi connectivity index (χ1n) is 8.97. The molecule has 0 bridgehead atoms. The van der Waals surface area contributed by atoms with Crippen LogP contribution in [0.5, 0.6) is 0 Å². The molecular weight excluding hydrogens is 366 g/mol. The zero-order chi connectivity index (χ0) is 19.4. The number of hydrogen-bond donors (Lipinski definition) is 0. The topological polar surface area (TPSA) is 80.8 Å². The van der Waals surface area contributed by atoms with Gasteiger partial charge >= 0.3 is 5.97 Å². The van der Waals surface area contributed by atoms with E-state index in [0.29, 0.717) is 5.56 Å². The molecule has 1 fully saturated rings. The number of amides is 1. The summed E-state index contributed by atoms with van der Waals surface area (Å²) in [5.74, 6) is -0.991. The molecule has 1 amide bonds. The van der Waals surface area contributed by atoms with E-state index < -0.39 is 26.6 Å². The van der Waals surface area contributed by atoms with Gasteiger partial charge in [0.05, 0.1) is 7.11 Å². The van der Waals surface area contributed by atoms with Crippen molar-refractivity contribution in [2.24, 2.45) is 0 Å². The highest BCUT2D eigenvalue weighted by atomic mass is 32.2. The fourth-order valence-corrected chi connectivity index (χ4v) is 6.43. The van der Waals surface area contributed by atoms with Crippen LogP contribution >= 0.6 is 0 Å². The van der Waals surface area contributed by atoms with Crippen molar-refractivity contribution in [3.63, 3.8) is 0 Å². The van der Waals surface area contributed by atoms with Crippen molar-refractivity contribution < 1.29 is 22.7 Å². The van der Waals surface area contributed by atoms with Crippen LogP contribution in [0.2, 0.25) is 0 Å².